The summed E-state index contributed by atoms with van der Waals surface area (Å²) in [4.78, 5) is 11.5. The molecule has 0 amide bonds. The first-order valence-electron chi connectivity index (χ1n) is 6.26. The van der Waals surface area contributed by atoms with Crippen LogP contribution in [0.25, 0.3) is 0 Å². The van der Waals surface area contributed by atoms with Gasteiger partial charge in [-0.15, -0.1) is 0 Å². The molecule has 0 spiro atoms. The topological polar surface area (TPSA) is 31.2 Å². The van der Waals surface area contributed by atoms with E-state index in [0.29, 0.717) is 13.0 Å². The average Bonchev–Trinajstić information content (AvgIpc) is 2.89. The van der Waals surface area contributed by atoms with Gasteiger partial charge in [0.15, 0.2) is 5.78 Å². The third-order valence-electron chi connectivity index (χ3n) is 2.83. The third kappa shape index (κ3) is 3.96. The van der Waals surface area contributed by atoms with Crippen LogP contribution in [0.15, 0.2) is 47.2 Å². The summed E-state index contributed by atoms with van der Waals surface area (Å²) in [6.45, 7) is 3.18. The Hall–Kier alpha value is -1.55. The van der Waals surface area contributed by atoms with Gasteiger partial charge < -0.3 is 9.30 Å². The minimum atomic E-state index is 0.174. The average molecular weight is 322 g/mol. The molecule has 1 aromatic heterocycles. The second kappa shape index (κ2) is 6.57. The van der Waals surface area contributed by atoms with E-state index < -0.39 is 0 Å². The molecule has 0 saturated heterocycles. The number of Topliss-reactive ketones (excluding diaryl/α,β-unsaturated/α-hetero) is 1. The van der Waals surface area contributed by atoms with Crippen molar-refractivity contribution in [2.45, 2.75) is 19.9 Å². The molecular formula is C15H16BrNO2. The smallest absolute Gasteiger partial charge is 0.164 e. The predicted octanol–water partition coefficient (Wildman–Crippen LogP) is 3.92. The largest absolute Gasteiger partial charge is 0.492 e. The number of hydrogen-bond donors (Lipinski definition) is 0. The summed E-state index contributed by atoms with van der Waals surface area (Å²) < 4.78 is 8.64. The number of ether oxygens (including phenoxy) is 1. The van der Waals surface area contributed by atoms with Crippen molar-refractivity contribution in [2.24, 2.45) is 0 Å². The molecule has 0 fully saturated rings. The number of halogens is 1. The summed E-state index contributed by atoms with van der Waals surface area (Å²) in [5, 5.41) is 0. The van der Waals surface area contributed by atoms with Gasteiger partial charge in [-0.05, 0) is 30.3 Å². The summed E-state index contributed by atoms with van der Waals surface area (Å²) in [5.41, 5.74) is 0.770. The van der Waals surface area contributed by atoms with Gasteiger partial charge in [0.25, 0.3) is 0 Å². The number of nitrogens with zero attached hydrogens (tertiary/aromatic N) is 1. The molecule has 100 valence electrons. The highest BCUT2D eigenvalue weighted by Gasteiger charge is 2.04. The highest BCUT2D eigenvalue weighted by Crippen LogP contribution is 2.16. The fourth-order valence-corrected chi connectivity index (χ4v) is 2.01. The number of ketones is 1. The van der Waals surface area contributed by atoms with Crippen molar-refractivity contribution in [1.29, 1.82) is 0 Å². The lowest BCUT2D eigenvalue weighted by Gasteiger charge is -2.07. The van der Waals surface area contributed by atoms with E-state index in [1.807, 2.05) is 54.2 Å². The number of carbonyl (C=O) groups is 1. The Morgan fingerprint density at radius 2 is 2.00 bits per heavy atom. The van der Waals surface area contributed by atoms with Crippen LogP contribution in [0, 0.1) is 0 Å². The zero-order valence-electron chi connectivity index (χ0n) is 10.8. The molecule has 3 nitrogen and oxygen atoms in total. The Balaban J connectivity index is 1.84. The van der Waals surface area contributed by atoms with E-state index in [4.69, 9.17) is 4.74 Å². The van der Waals surface area contributed by atoms with E-state index in [1.165, 1.54) is 0 Å². The van der Waals surface area contributed by atoms with E-state index in [1.54, 1.807) is 0 Å². The van der Waals surface area contributed by atoms with E-state index in [2.05, 4.69) is 15.9 Å². The van der Waals surface area contributed by atoms with Crippen LogP contribution >= 0.6 is 15.9 Å². The van der Waals surface area contributed by atoms with Crippen molar-refractivity contribution in [3.05, 3.63) is 52.8 Å². The highest BCUT2D eigenvalue weighted by molar-refractivity contribution is 9.10. The monoisotopic (exact) mass is 321 g/mol. The zero-order valence-corrected chi connectivity index (χ0v) is 12.4. The number of benzene rings is 1. The fraction of sp³-hybridized carbons (Fsp3) is 0.267. The van der Waals surface area contributed by atoms with Crippen molar-refractivity contribution in [3.8, 4) is 5.75 Å². The van der Waals surface area contributed by atoms with Crippen LogP contribution in [-0.4, -0.2) is 17.0 Å². The van der Waals surface area contributed by atoms with E-state index in [9.17, 15) is 4.79 Å². The Labute approximate surface area is 121 Å². The second-order valence-corrected chi connectivity index (χ2v) is 5.13. The summed E-state index contributed by atoms with van der Waals surface area (Å²) in [5.74, 6) is 1.02. The van der Waals surface area contributed by atoms with E-state index in [0.717, 1.165) is 22.3 Å². The van der Waals surface area contributed by atoms with Crippen LogP contribution in [0.3, 0.4) is 0 Å². The molecule has 4 heteroatoms. The van der Waals surface area contributed by atoms with Crippen LogP contribution in [0.5, 0.6) is 5.75 Å². The van der Waals surface area contributed by atoms with Crippen molar-refractivity contribution in [1.82, 2.24) is 4.57 Å². The molecule has 0 radical (unpaired) electrons. The van der Waals surface area contributed by atoms with Crippen LogP contribution in [0.1, 0.15) is 23.7 Å². The SMILES string of the molecule is CCC(=O)c1ccn(CCOc2ccc(Br)cc2)c1. The molecule has 2 rings (SSSR count). The number of carbonyl (C=O) groups excluding carboxylic acids is 1. The first-order chi connectivity index (χ1) is 9.19. The second-order valence-electron chi connectivity index (χ2n) is 4.22. The Kier molecular flexibility index (Phi) is 4.80. The Bertz CT molecular complexity index is 546. The molecule has 0 aliphatic rings. The quantitative estimate of drug-likeness (QED) is 0.755. The van der Waals surface area contributed by atoms with Crippen LogP contribution in [0.4, 0.5) is 0 Å². The first kappa shape index (κ1) is 13.9. The van der Waals surface area contributed by atoms with Crippen LogP contribution < -0.4 is 4.74 Å². The zero-order chi connectivity index (χ0) is 13.7. The molecular weight excluding hydrogens is 306 g/mol. The third-order valence-corrected chi connectivity index (χ3v) is 3.35. The first-order valence-corrected chi connectivity index (χ1v) is 7.05. The number of aromatic nitrogens is 1. The molecule has 0 aliphatic heterocycles. The lowest BCUT2D eigenvalue weighted by atomic mass is 10.2. The molecule has 0 unspecified atom stereocenters. The maximum Gasteiger partial charge on any atom is 0.164 e. The molecule has 1 aromatic carbocycles. The Morgan fingerprint density at radius 3 is 2.68 bits per heavy atom. The molecule has 0 atom stereocenters. The Morgan fingerprint density at radius 1 is 1.26 bits per heavy atom. The normalized spacial score (nSPS) is 10.4. The minimum Gasteiger partial charge on any atom is -0.492 e. The molecule has 0 aliphatic carbocycles. The molecule has 19 heavy (non-hydrogen) atoms. The van der Waals surface area contributed by atoms with Gasteiger partial charge in [0.2, 0.25) is 0 Å². The van der Waals surface area contributed by atoms with Crippen molar-refractivity contribution < 1.29 is 9.53 Å². The van der Waals surface area contributed by atoms with E-state index >= 15 is 0 Å². The maximum atomic E-state index is 11.5. The highest BCUT2D eigenvalue weighted by atomic mass is 79.9. The minimum absolute atomic E-state index is 0.174. The molecule has 1 heterocycles. The lowest BCUT2D eigenvalue weighted by Crippen LogP contribution is -2.06. The molecule has 0 bridgehead atoms. The molecule has 0 N–H and O–H groups in total. The standard InChI is InChI=1S/C15H16BrNO2/c1-2-15(18)12-7-8-17(11-12)9-10-19-14-5-3-13(16)4-6-14/h3-8,11H,2,9-10H2,1H3. The van der Waals surface area contributed by atoms with Gasteiger partial charge in [-0.2, -0.15) is 0 Å². The van der Waals surface area contributed by atoms with Gasteiger partial charge in [-0.25, -0.2) is 0 Å². The van der Waals surface area contributed by atoms with Crippen molar-refractivity contribution >= 4 is 21.7 Å². The molecule has 0 saturated carbocycles. The lowest BCUT2D eigenvalue weighted by molar-refractivity contribution is 0.0988. The van der Waals surface area contributed by atoms with Gasteiger partial charge in [0.05, 0.1) is 6.54 Å². The number of rotatable bonds is 6. The van der Waals surface area contributed by atoms with Crippen LogP contribution in [0.2, 0.25) is 0 Å². The maximum absolute atomic E-state index is 11.5. The van der Waals surface area contributed by atoms with Crippen molar-refractivity contribution in [3.63, 3.8) is 0 Å². The summed E-state index contributed by atoms with van der Waals surface area (Å²) >= 11 is 3.38. The van der Waals surface area contributed by atoms with Crippen LogP contribution in [-0.2, 0) is 6.54 Å². The van der Waals surface area contributed by atoms with Gasteiger partial charge in [0, 0.05) is 28.9 Å². The van der Waals surface area contributed by atoms with Gasteiger partial charge in [-0.1, -0.05) is 22.9 Å². The summed E-state index contributed by atoms with van der Waals surface area (Å²) in [6.07, 6.45) is 4.32. The van der Waals surface area contributed by atoms with E-state index in [-0.39, 0.29) is 5.78 Å². The van der Waals surface area contributed by atoms with Gasteiger partial charge in [0.1, 0.15) is 12.4 Å². The number of hydrogen-bond acceptors (Lipinski definition) is 2. The molecule has 2 aromatic rings. The predicted molar refractivity (Wildman–Crippen MR) is 78.7 cm³/mol. The fourth-order valence-electron chi connectivity index (χ4n) is 1.75. The summed E-state index contributed by atoms with van der Waals surface area (Å²) in [7, 11) is 0. The van der Waals surface area contributed by atoms with Gasteiger partial charge >= 0.3 is 0 Å². The van der Waals surface area contributed by atoms with Crippen molar-refractivity contribution in [2.75, 3.05) is 6.61 Å². The summed E-state index contributed by atoms with van der Waals surface area (Å²) in [6, 6.07) is 9.59. The van der Waals surface area contributed by atoms with Gasteiger partial charge in [-0.3, -0.25) is 4.79 Å².